The molecular weight excluding hydrogens is 450 g/mol. The number of H-pyrrole nitrogens is 1. The maximum absolute atomic E-state index is 12.8. The number of esters is 1. The first-order chi connectivity index (χ1) is 16.3. The molecule has 2 aromatic heterocycles. The zero-order chi connectivity index (χ0) is 26.0. The topological polar surface area (TPSA) is 135 Å². The van der Waals surface area contributed by atoms with E-state index in [4.69, 9.17) is 9.47 Å². The van der Waals surface area contributed by atoms with Gasteiger partial charge in [-0.05, 0) is 65.3 Å². The van der Waals surface area contributed by atoms with E-state index >= 15 is 0 Å². The largest absolute Gasteiger partial charge is 0.465 e. The fourth-order valence-corrected chi connectivity index (χ4v) is 3.44. The molecule has 0 spiro atoms. The summed E-state index contributed by atoms with van der Waals surface area (Å²) in [6.07, 6.45) is 2.37. The Labute approximate surface area is 203 Å². The Hall–Kier alpha value is -3.95. The van der Waals surface area contributed by atoms with Crippen molar-refractivity contribution in [1.29, 1.82) is 0 Å². The monoisotopic (exact) mass is 481 g/mol. The SMILES string of the molecule is COC(=O)c1ccc2[nH]c(-c3cncc(C(=O)NCC(C)(C)NC(=O)OC(C)(C)C)n3)c(C)c2c1. The number of hydrogen-bond donors (Lipinski definition) is 3. The molecule has 1 aromatic carbocycles. The van der Waals surface area contributed by atoms with Crippen LogP contribution >= 0.6 is 0 Å². The number of nitrogens with zero attached hydrogens (tertiary/aromatic N) is 2. The lowest BCUT2D eigenvalue weighted by Gasteiger charge is -2.28. The summed E-state index contributed by atoms with van der Waals surface area (Å²) in [5.74, 6) is -0.850. The molecule has 3 rings (SSSR count). The van der Waals surface area contributed by atoms with Gasteiger partial charge >= 0.3 is 12.1 Å². The first-order valence-corrected chi connectivity index (χ1v) is 11.1. The molecule has 186 valence electrons. The predicted molar refractivity (Wildman–Crippen MR) is 131 cm³/mol. The maximum atomic E-state index is 12.8. The zero-order valence-corrected chi connectivity index (χ0v) is 21.0. The number of hydrogen-bond acceptors (Lipinski definition) is 7. The molecule has 3 aromatic rings. The molecular formula is C25H31N5O5. The van der Waals surface area contributed by atoms with E-state index in [1.54, 1.807) is 59.0 Å². The number of rotatable bonds is 6. The number of methoxy groups -OCH3 is 1. The van der Waals surface area contributed by atoms with E-state index in [0.29, 0.717) is 17.0 Å². The van der Waals surface area contributed by atoms with Gasteiger partial charge in [0, 0.05) is 17.4 Å². The quantitative estimate of drug-likeness (QED) is 0.456. The van der Waals surface area contributed by atoms with E-state index in [1.807, 2.05) is 6.92 Å². The van der Waals surface area contributed by atoms with Crippen molar-refractivity contribution >= 4 is 28.9 Å². The van der Waals surface area contributed by atoms with Crippen LogP contribution in [0.25, 0.3) is 22.3 Å². The van der Waals surface area contributed by atoms with Gasteiger partial charge in [-0.1, -0.05) is 0 Å². The highest BCUT2D eigenvalue weighted by Gasteiger charge is 2.25. The number of fused-ring (bicyclic) bond motifs is 1. The minimum atomic E-state index is -0.756. The van der Waals surface area contributed by atoms with E-state index in [0.717, 1.165) is 16.5 Å². The Bertz CT molecular complexity index is 1270. The van der Waals surface area contributed by atoms with Gasteiger partial charge in [0.05, 0.1) is 36.3 Å². The van der Waals surface area contributed by atoms with E-state index in [-0.39, 0.29) is 12.2 Å². The third kappa shape index (κ3) is 6.34. The van der Waals surface area contributed by atoms with Crippen molar-refractivity contribution in [2.24, 2.45) is 0 Å². The molecule has 0 atom stereocenters. The average molecular weight is 482 g/mol. The number of aryl methyl sites for hydroxylation is 1. The highest BCUT2D eigenvalue weighted by molar-refractivity contribution is 5.98. The van der Waals surface area contributed by atoms with Crippen LogP contribution in [-0.2, 0) is 9.47 Å². The second-order valence-corrected chi connectivity index (χ2v) is 9.86. The van der Waals surface area contributed by atoms with E-state index in [9.17, 15) is 14.4 Å². The number of carbonyl (C=O) groups excluding carboxylic acids is 3. The van der Waals surface area contributed by atoms with Gasteiger partial charge in [0.2, 0.25) is 0 Å². The van der Waals surface area contributed by atoms with E-state index in [1.165, 1.54) is 13.3 Å². The van der Waals surface area contributed by atoms with Gasteiger partial charge in [0.15, 0.2) is 0 Å². The fraction of sp³-hybridized carbons (Fsp3) is 0.400. The van der Waals surface area contributed by atoms with Gasteiger partial charge in [-0.15, -0.1) is 0 Å². The van der Waals surface area contributed by atoms with Crippen molar-refractivity contribution in [2.75, 3.05) is 13.7 Å². The minimum Gasteiger partial charge on any atom is -0.465 e. The number of aromatic nitrogens is 3. The number of amides is 2. The first kappa shape index (κ1) is 25.7. The lowest BCUT2D eigenvalue weighted by molar-refractivity contribution is 0.0468. The molecule has 0 unspecified atom stereocenters. The standard InChI is InChI=1S/C25H31N5O5/c1-14-16-10-15(22(32)34-7)8-9-17(16)29-20(14)18-11-26-12-19(28-18)21(31)27-13-25(5,6)30-23(33)35-24(2,3)4/h8-12,29H,13H2,1-7H3,(H,27,31)(H,30,33). The van der Waals surface area contributed by atoms with Gasteiger partial charge in [-0.25, -0.2) is 14.6 Å². The summed E-state index contributed by atoms with van der Waals surface area (Å²) in [6, 6.07) is 5.22. The second kappa shape index (κ2) is 9.73. The van der Waals surface area contributed by atoms with E-state index in [2.05, 4.69) is 25.6 Å². The normalized spacial score (nSPS) is 11.7. The molecule has 3 N–H and O–H groups in total. The first-order valence-electron chi connectivity index (χ1n) is 11.1. The Morgan fingerprint density at radius 1 is 1.09 bits per heavy atom. The summed E-state index contributed by atoms with van der Waals surface area (Å²) >= 11 is 0. The Kier molecular flexibility index (Phi) is 7.14. The number of benzene rings is 1. The van der Waals surface area contributed by atoms with E-state index < -0.39 is 29.1 Å². The number of ether oxygens (including phenoxy) is 2. The summed E-state index contributed by atoms with van der Waals surface area (Å²) in [6.45, 7) is 10.9. The summed E-state index contributed by atoms with van der Waals surface area (Å²) in [7, 11) is 1.34. The number of alkyl carbamates (subject to hydrolysis) is 1. The highest BCUT2D eigenvalue weighted by atomic mass is 16.6. The van der Waals surface area contributed by atoms with Gasteiger partial charge in [-0.2, -0.15) is 0 Å². The molecule has 35 heavy (non-hydrogen) atoms. The van der Waals surface area contributed by atoms with Crippen LogP contribution in [0.4, 0.5) is 4.79 Å². The van der Waals surface area contributed by atoms with Gasteiger partial charge in [-0.3, -0.25) is 9.78 Å². The zero-order valence-electron chi connectivity index (χ0n) is 21.0. The molecule has 10 heteroatoms. The smallest absolute Gasteiger partial charge is 0.408 e. The Morgan fingerprint density at radius 3 is 2.46 bits per heavy atom. The molecule has 0 saturated carbocycles. The lowest BCUT2D eigenvalue weighted by Crippen LogP contribution is -2.52. The highest BCUT2D eigenvalue weighted by Crippen LogP contribution is 2.29. The third-order valence-electron chi connectivity index (χ3n) is 5.13. The lowest BCUT2D eigenvalue weighted by atomic mass is 10.1. The van der Waals surface area contributed by atoms with Crippen molar-refractivity contribution in [3.8, 4) is 11.4 Å². The van der Waals surface area contributed by atoms with Gasteiger partial charge < -0.3 is 25.1 Å². The molecule has 2 amide bonds. The van der Waals surface area contributed by atoms with Crippen LogP contribution in [0.3, 0.4) is 0 Å². The predicted octanol–water partition coefficient (Wildman–Crippen LogP) is 3.75. The van der Waals surface area contributed by atoms with Crippen molar-refractivity contribution in [1.82, 2.24) is 25.6 Å². The second-order valence-electron chi connectivity index (χ2n) is 9.86. The van der Waals surface area contributed by atoms with Crippen molar-refractivity contribution in [3.05, 3.63) is 47.4 Å². The molecule has 0 aliphatic rings. The van der Waals surface area contributed by atoms with Crippen LogP contribution in [0.15, 0.2) is 30.6 Å². The Balaban J connectivity index is 1.76. The number of carbonyl (C=O) groups is 3. The molecule has 0 radical (unpaired) electrons. The third-order valence-corrected chi connectivity index (χ3v) is 5.13. The summed E-state index contributed by atoms with van der Waals surface area (Å²) in [5, 5.41) is 6.37. The van der Waals surface area contributed by atoms with Crippen LogP contribution in [0.2, 0.25) is 0 Å². The molecule has 0 saturated heterocycles. The summed E-state index contributed by atoms with van der Waals surface area (Å²) < 4.78 is 10.1. The molecule has 0 bridgehead atoms. The number of aromatic amines is 1. The van der Waals surface area contributed by atoms with Crippen LogP contribution in [0, 0.1) is 6.92 Å². The fourth-order valence-electron chi connectivity index (χ4n) is 3.44. The molecule has 0 aliphatic heterocycles. The summed E-state index contributed by atoms with van der Waals surface area (Å²) in [4.78, 5) is 48.7. The van der Waals surface area contributed by atoms with Crippen molar-refractivity contribution < 1.29 is 23.9 Å². The van der Waals surface area contributed by atoms with Crippen molar-refractivity contribution in [2.45, 2.75) is 52.7 Å². The van der Waals surface area contributed by atoms with Crippen LogP contribution in [-0.4, -0.2) is 57.7 Å². The van der Waals surface area contributed by atoms with Gasteiger partial charge in [0.1, 0.15) is 17.0 Å². The average Bonchev–Trinajstić information content (AvgIpc) is 3.11. The molecule has 0 aliphatic carbocycles. The van der Waals surface area contributed by atoms with Crippen LogP contribution in [0.1, 0.15) is 61.0 Å². The molecule has 0 fully saturated rings. The molecule has 2 heterocycles. The number of nitrogens with one attached hydrogen (secondary N) is 3. The Morgan fingerprint density at radius 2 is 1.80 bits per heavy atom. The van der Waals surface area contributed by atoms with Crippen LogP contribution in [0.5, 0.6) is 0 Å². The van der Waals surface area contributed by atoms with Crippen molar-refractivity contribution in [3.63, 3.8) is 0 Å². The summed E-state index contributed by atoms with van der Waals surface area (Å²) in [5.41, 5.74) is 2.04. The van der Waals surface area contributed by atoms with Crippen LogP contribution < -0.4 is 10.6 Å². The maximum Gasteiger partial charge on any atom is 0.408 e. The minimum absolute atomic E-state index is 0.129. The van der Waals surface area contributed by atoms with Gasteiger partial charge in [0.25, 0.3) is 5.91 Å². The molecule has 10 nitrogen and oxygen atoms in total.